The smallest absolute Gasteiger partial charge is 0.266 e. The summed E-state index contributed by atoms with van der Waals surface area (Å²) in [5.41, 5.74) is 1.49. The zero-order valence-electron chi connectivity index (χ0n) is 12.1. The van der Waals surface area contributed by atoms with Crippen molar-refractivity contribution in [2.75, 3.05) is 5.32 Å². The van der Waals surface area contributed by atoms with Crippen LogP contribution in [0.4, 0.5) is 5.69 Å². The molecule has 2 N–H and O–H groups in total. The van der Waals surface area contributed by atoms with Gasteiger partial charge in [0.25, 0.3) is 5.91 Å². The van der Waals surface area contributed by atoms with Crippen LogP contribution in [0.5, 0.6) is 5.75 Å². The molecule has 0 aliphatic heterocycles. The molecule has 4 nitrogen and oxygen atoms in total. The van der Waals surface area contributed by atoms with Crippen molar-refractivity contribution in [2.45, 2.75) is 6.92 Å². The van der Waals surface area contributed by atoms with Gasteiger partial charge in [-0.25, -0.2) is 0 Å². The molecular formula is C17H12BrClN2O2. The van der Waals surface area contributed by atoms with E-state index in [0.717, 1.165) is 4.47 Å². The van der Waals surface area contributed by atoms with E-state index in [-0.39, 0.29) is 11.3 Å². The lowest BCUT2D eigenvalue weighted by atomic mass is 10.1. The van der Waals surface area contributed by atoms with Crippen molar-refractivity contribution >= 4 is 45.2 Å². The van der Waals surface area contributed by atoms with Crippen LogP contribution in [0.25, 0.3) is 6.08 Å². The van der Waals surface area contributed by atoms with Gasteiger partial charge in [0, 0.05) is 20.7 Å². The highest BCUT2D eigenvalue weighted by molar-refractivity contribution is 9.10. The van der Waals surface area contributed by atoms with Crippen molar-refractivity contribution in [1.82, 2.24) is 0 Å². The van der Waals surface area contributed by atoms with Gasteiger partial charge >= 0.3 is 0 Å². The zero-order chi connectivity index (χ0) is 17.0. The van der Waals surface area contributed by atoms with Gasteiger partial charge in [0.05, 0.1) is 0 Å². The summed E-state index contributed by atoms with van der Waals surface area (Å²) in [6.07, 6.45) is 1.33. The molecule has 0 bridgehead atoms. The number of phenolic OH excluding ortho intramolecular Hbond substituents is 1. The lowest BCUT2D eigenvalue weighted by Gasteiger charge is -2.09. The SMILES string of the molecule is Cc1c(Cl)cccc1NC(=O)/C(C#N)=C/c1cc(Br)ccc1O. The van der Waals surface area contributed by atoms with Crippen molar-refractivity contribution in [3.05, 3.63) is 62.6 Å². The molecule has 0 aromatic heterocycles. The number of carbonyl (C=O) groups is 1. The van der Waals surface area contributed by atoms with Crippen molar-refractivity contribution in [2.24, 2.45) is 0 Å². The first-order chi connectivity index (χ1) is 10.9. The van der Waals surface area contributed by atoms with Crippen LogP contribution in [0.15, 0.2) is 46.4 Å². The lowest BCUT2D eigenvalue weighted by molar-refractivity contribution is -0.112. The number of halogens is 2. The molecule has 0 fully saturated rings. The minimum atomic E-state index is -0.572. The number of amides is 1. The summed E-state index contributed by atoms with van der Waals surface area (Å²) in [6.45, 7) is 1.77. The van der Waals surface area contributed by atoms with E-state index in [9.17, 15) is 15.2 Å². The number of benzene rings is 2. The van der Waals surface area contributed by atoms with E-state index in [1.807, 2.05) is 6.07 Å². The molecule has 0 saturated carbocycles. The van der Waals surface area contributed by atoms with E-state index >= 15 is 0 Å². The molecule has 0 heterocycles. The number of carbonyl (C=O) groups excluding carboxylic acids is 1. The maximum atomic E-state index is 12.3. The molecule has 2 aromatic rings. The van der Waals surface area contributed by atoms with Gasteiger partial charge in [-0.05, 0) is 48.9 Å². The standard InChI is InChI=1S/C17H12BrClN2O2/c1-10-14(19)3-2-4-15(10)21-17(23)12(9-20)7-11-8-13(18)5-6-16(11)22/h2-8,22H,1H3,(H,21,23)/b12-7+. The molecule has 0 radical (unpaired) electrons. The largest absolute Gasteiger partial charge is 0.507 e. The summed E-state index contributed by atoms with van der Waals surface area (Å²) in [5, 5.41) is 22.2. The summed E-state index contributed by atoms with van der Waals surface area (Å²) in [5.74, 6) is -0.593. The Morgan fingerprint density at radius 2 is 2.13 bits per heavy atom. The summed E-state index contributed by atoms with van der Waals surface area (Å²) in [4.78, 5) is 12.3. The van der Waals surface area contributed by atoms with Crippen LogP contribution < -0.4 is 5.32 Å². The third kappa shape index (κ3) is 4.13. The van der Waals surface area contributed by atoms with E-state index in [0.29, 0.717) is 21.8 Å². The monoisotopic (exact) mass is 390 g/mol. The highest BCUT2D eigenvalue weighted by Gasteiger charge is 2.13. The van der Waals surface area contributed by atoms with Gasteiger partial charge in [-0.1, -0.05) is 33.6 Å². The molecule has 6 heteroatoms. The maximum absolute atomic E-state index is 12.3. The number of rotatable bonds is 3. The highest BCUT2D eigenvalue weighted by atomic mass is 79.9. The number of aromatic hydroxyl groups is 1. The first-order valence-corrected chi connectivity index (χ1v) is 7.76. The minimum absolute atomic E-state index is 0.0207. The van der Waals surface area contributed by atoms with Crippen molar-refractivity contribution in [3.63, 3.8) is 0 Å². The second kappa shape index (κ2) is 7.32. The average molecular weight is 392 g/mol. The molecule has 2 rings (SSSR count). The number of hydrogen-bond donors (Lipinski definition) is 2. The number of anilines is 1. The number of hydrogen-bond acceptors (Lipinski definition) is 3. The third-order valence-electron chi connectivity index (χ3n) is 3.17. The predicted molar refractivity (Wildman–Crippen MR) is 94.2 cm³/mol. The molecule has 0 unspecified atom stereocenters. The first kappa shape index (κ1) is 17.1. The molecule has 0 spiro atoms. The fraction of sp³-hybridized carbons (Fsp3) is 0.0588. The van der Waals surface area contributed by atoms with Crippen molar-refractivity contribution in [1.29, 1.82) is 5.26 Å². The number of nitriles is 1. The maximum Gasteiger partial charge on any atom is 0.266 e. The Morgan fingerprint density at radius 1 is 1.39 bits per heavy atom. The average Bonchev–Trinajstić information content (AvgIpc) is 2.52. The van der Waals surface area contributed by atoms with Crippen LogP contribution in [0.3, 0.4) is 0 Å². The molecule has 0 saturated heterocycles. The Balaban J connectivity index is 2.32. The quantitative estimate of drug-likeness (QED) is 0.590. The lowest BCUT2D eigenvalue weighted by Crippen LogP contribution is -2.14. The molecule has 0 aliphatic carbocycles. The Hall–Kier alpha value is -2.29. The van der Waals surface area contributed by atoms with Crippen molar-refractivity contribution < 1.29 is 9.90 Å². The van der Waals surface area contributed by atoms with E-state index < -0.39 is 5.91 Å². The fourth-order valence-corrected chi connectivity index (χ4v) is 2.43. The van der Waals surface area contributed by atoms with Crippen LogP contribution in [-0.4, -0.2) is 11.0 Å². The number of phenols is 1. The van der Waals surface area contributed by atoms with Crippen LogP contribution in [-0.2, 0) is 4.79 Å². The van der Waals surface area contributed by atoms with Crippen LogP contribution >= 0.6 is 27.5 Å². The summed E-state index contributed by atoms with van der Waals surface area (Å²) in [7, 11) is 0. The number of nitrogens with zero attached hydrogens (tertiary/aromatic N) is 1. The Bertz CT molecular complexity index is 841. The van der Waals surface area contributed by atoms with E-state index in [2.05, 4.69) is 21.2 Å². The Labute approximate surface area is 147 Å². The topological polar surface area (TPSA) is 73.1 Å². The molecule has 23 heavy (non-hydrogen) atoms. The summed E-state index contributed by atoms with van der Waals surface area (Å²) < 4.78 is 0.727. The first-order valence-electron chi connectivity index (χ1n) is 6.59. The van der Waals surface area contributed by atoms with Crippen molar-refractivity contribution in [3.8, 4) is 11.8 Å². The van der Waals surface area contributed by atoms with Gasteiger partial charge < -0.3 is 10.4 Å². The summed E-state index contributed by atoms with van der Waals surface area (Å²) >= 11 is 9.29. The second-order valence-electron chi connectivity index (χ2n) is 4.74. The molecule has 2 aromatic carbocycles. The normalized spacial score (nSPS) is 11.0. The van der Waals surface area contributed by atoms with Gasteiger partial charge in [-0.3, -0.25) is 4.79 Å². The van der Waals surface area contributed by atoms with Gasteiger partial charge in [-0.2, -0.15) is 5.26 Å². The van der Waals surface area contributed by atoms with Gasteiger partial charge in [-0.15, -0.1) is 0 Å². The molecule has 116 valence electrons. The van der Waals surface area contributed by atoms with Gasteiger partial charge in [0.15, 0.2) is 0 Å². The Morgan fingerprint density at radius 3 is 2.83 bits per heavy atom. The van der Waals surface area contributed by atoms with Crippen LogP contribution in [0.2, 0.25) is 5.02 Å². The van der Waals surface area contributed by atoms with E-state index in [1.165, 1.54) is 12.1 Å². The van der Waals surface area contributed by atoms with Gasteiger partial charge in [0.2, 0.25) is 0 Å². The highest BCUT2D eigenvalue weighted by Crippen LogP contribution is 2.26. The predicted octanol–water partition coefficient (Wildman–Crippen LogP) is 4.66. The van der Waals surface area contributed by atoms with E-state index in [4.69, 9.17) is 11.6 Å². The molecule has 0 atom stereocenters. The zero-order valence-corrected chi connectivity index (χ0v) is 14.4. The molecule has 0 aliphatic rings. The minimum Gasteiger partial charge on any atom is -0.507 e. The Kier molecular flexibility index (Phi) is 5.43. The fourth-order valence-electron chi connectivity index (χ4n) is 1.88. The summed E-state index contributed by atoms with van der Waals surface area (Å²) in [6, 6.07) is 11.7. The number of nitrogens with one attached hydrogen (secondary N) is 1. The molecular weight excluding hydrogens is 380 g/mol. The third-order valence-corrected chi connectivity index (χ3v) is 4.07. The molecule has 1 amide bonds. The van der Waals surface area contributed by atoms with E-state index in [1.54, 1.807) is 37.3 Å². The van der Waals surface area contributed by atoms with Gasteiger partial charge in [0.1, 0.15) is 17.4 Å². The second-order valence-corrected chi connectivity index (χ2v) is 6.06. The van der Waals surface area contributed by atoms with Crippen LogP contribution in [0, 0.1) is 18.3 Å². The van der Waals surface area contributed by atoms with Crippen LogP contribution in [0.1, 0.15) is 11.1 Å².